The van der Waals surface area contributed by atoms with E-state index in [2.05, 4.69) is 25.1 Å². The molecule has 1 saturated heterocycles. The molecular weight excluding hydrogens is 356 g/mol. The summed E-state index contributed by atoms with van der Waals surface area (Å²) in [5, 5.41) is 9.10. The summed E-state index contributed by atoms with van der Waals surface area (Å²) in [6, 6.07) is 8.23. The van der Waals surface area contributed by atoms with Crippen molar-refractivity contribution >= 4 is 17.8 Å². The number of likely N-dealkylation sites (tertiary alicyclic amines) is 1. The van der Waals surface area contributed by atoms with Gasteiger partial charge in [0.05, 0.1) is 5.41 Å². The Balaban J connectivity index is 1.67. The lowest BCUT2D eigenvalue weighted by Gasteiger charge is -2.38. The van der Waals surface area contributed by atoms with Crippen molar-refractivity contribution in [2.45, 2.75) is 58.4 Å². The van der Waals surface area contributed by atoms with Gasteiger partial charge in [-0.25, -0.2) is 0 Å². The number of carboxylic acid groups (broad SMARTS) is 1. The van der Waals surface area contributed by atoms with Crippen LogP contribution in [-0.2, 0) is 27.2 Å². The monoisotopic (exact) mass is 386 g/mol. The molecule has 6 heteroatoms. The van der Waals surface area contributed by atoms with Gasteiger partial charge in [0.1, 0.15) is 6.54 Å². The Morgan fingerprint density at radius 2 is 1.89 bits per heavy atom. The first-order chi connectivity index (χ1) is 13.3. The van der Waals surface area contributed by atoms with E-state index in [9.17, 15) is 14.4 Å². The maximum absolute atomic E-state index is 13.4. The normalized spacial score (nSPS) is 24.8. The van der Waals surface area contributed by atoms with Crippen LogP contribution >= 0.6 is 0 Å². The van der Waals surface area contributed by atoms with Crippen LogP contribution in [0, 0.1) is 5.41 Å². The summed E-state index contributed by atoms with van der Waals surface area (Å²) in [7, 11) is 0. The van der Waals surface area contributed by atoms with Gasteiger partial charge < -0.3 is 14.9 Å². The molecule has 152 valence electrons. The summed E-state index contributed by atoms with van der Waals surface area (Å²) in [5.41, 5.74) is 2.21. The molecule has 2 unspecified atom stereocenters. The van der Waals surface area contributed by atoms with Gasteiger partial charge in [-0.15, -0.1) is 0 Å². The fraction of sp³-hybridized carbons (Fsp3) is 0.591. The average Bonchev–Trinajstić information content (AvgIpc) is 2.91. The van der Waals surface area contributed by atoms with Crippen LogP contribution in [0.25, 0.3) is 0 Å². The molecule has 3 rings (SSSR count). The van der Waals surface area contributed by atoms with Crippen LogP contribution in [0.4, 0.5) is 0 Å². The molecule has 1 fully saturated rings. The topological polar surface area (TPSA) is 77.9 Å². The maximum Gasteiger partial charge on any atom is 0.323 e. The molecular formula is C22H30N2O4. The van der Waals surface area contributed by atoms with E-state index in [1.165, 1.54) is 23.0 Å². The molecule has 1 heterocycles. The highest BCUT2D eigenvalue weighted by Gasteiger charge is 2.40. The molecule has 1 aliphatic carbocycles. The average molecular weight is 386 g/mol. The van der Waals surface area contributed by atoms with E-state index < -0.39 is 11.4 Å². The zero-order valence-corrected chi connectivity index (χ0v) is 16.8. The van der Waals surface area contributed by atoms with E-state index in [1.807, 2.05) is 11.0 Å². The molecule has 28 heavy (non-hydrogen) atoms. The van der Waals surface area contributed by atoms with Gasteiger partial charge in [0, 0.05) is 26.1 Å². The van der Waals surface area contributed by atoms with Gasteiger partial charge >= 0.3 is 5.97 Å². The van der Waals surface area contributed by atoms with Crippen LogP contribution < -0.4 is 0 Å². The molecule has 0 bridgehead atoms. The lowest BCUT2D eigenvalue weighted by molar-refractivity contribution is -0.145. The number of nitrogens with zero attached hydrogens (tertiary/aromatic N) is 2. The Labute approximate surface area is 166 Å². The van der Waals surface area contributed by atoms with Crippen molar-refractivity contribution in [1.29, 1.82) is 0 Å². The summed E-state index contributed by atoms with van der Waals surface area (Å²) in [6.07, 6.45) is 4.68. The molecule has 0 radical (unpaired) electrons. The van der Waals surface area contributed by atoms with Crippen LogP contribution in [0.5, 0.6) is 0 Å². The van der Waals surface area contributed by atoms with E-state index in [4.69, 9.17) is 5.11 Å². The molecule has 2 aliphatic rings. The maximum atomic E-state index is 13.4. The molecule has 6 nitrogen and oxygen atoms in total. The highest BCUT2D eigenvalue weighted by atomic mass is 16.4. The summed E-state index contributed by atoms with van der Waals surface area (Å²) < 4.78 is 0. The summed E-state index contributed by atoms with van der Waals surface area (Å²) in [4.78, 5) is 39.8. The van der Waals surface area contributed by atoms with Gasteiger partial charge in [0.2, 0.25) is 11.8 Å². The van der Waals surface area contributed by atoms with Crippen molar-refractivity contribution in [3.05, 3.63) is 35.4 Å². The van der Waals surface area contributed by atoms with Crippen LogP contribution in [0.2, 0.25) is 0 Å². The smallest absolute Gasteiger partial charge is 0.323 e. The third-order valence-electron chi connectivity index (χ3n) is 6.30. The van der Waals surface area contributed by atoms with Crippen molar-refractivity contribution in [2.75, 3.05) is 19.6 Å². The van der Waals surface area contributed by atoms with E-state index >= 15 is 0 Å². The first-order valence-corrected chi connectivity index (χ1v) is 10.2. The fourth-order valence-corrected chi connectivity index (χ4v) is 4.69. The number of benzene rings is 1. The zero-order chi connectivity index (χ0) is 20.3. The molecule has 1 aliphatic heterocycles. The molecule has 0 aromatic heterocycles. The Morgan fingerprint density at radius 1 is 1.18 bits per heavy atom. The SMILES string of the molecule is CC(=O)N(CC(=O)O)C1CCCN(C(=O)C2(C)CCc3ccccc3C2)CC1. The molecule has 0 saturated carbocycles. The van der Waals surface area contributed by atoms with Gasteiger partial charge in [-0.05, 0) is 49.7 Å². The van der Waals surface area contributed by atoms with Crippen molar-refractivity contribution in [1.82, 2.24) is 9.80 Å². The van der Waals surface area contributed by atoms with E-state index in [0.717, 1.165) is 32.1 Å². The second kappa shape index (κ2) is 8.33. The van der Waals surface area contributed by atoms with E-state index in [1.54, 1.807) is 0 Å². The second-order valence-corrected chi connectivity index (χ2v) is 8.42. The number of aryl methyl sites for hydroxylation is 1. The van der Waals surface area contributed by atoms with Gasteiger partial charge in [-0.3, -0.25) is 14.4 Å². The Hall–Kier alpha value is -2.37. The number of carbonyl (C=O) groups excluding carboxylic acids is 2. The van der Waals surface area contributed by atoms with Crippen molar-refractivity contribution in [3.63, 3.8) is 0 Å². The van der Waals surface area contributed by atoms with Crippen molar-refractivity contribution < 1.29 is 19.5 Å². The second-order valence-electron chi connectivity index (χ2n) is 8.42. The molecule has 1 N–H and O–H groups in total. The largest absolute Gasteiger partial charge is 0.480 e. The third kappa shape index (κ3) is 4.37. The van der Waals surface area contributed by atoms with Gasteiger partial charge in [-0.1, -0.05) is 31.2 Å². The number of amides is 2. The predicted octanol–water partition coefficient (Wildman–Crippen LogP) is 2.50. The number of carbonyl (C=O) groups is 3. The van der Waals surface area contributed by atoms with Crippen molar-refractivity contribution in [2.24, 2.45) is 5.41 Å². The molecule has 2 amide bonds. The van der Waals surface area contributed by atoms with Gasteiger partial charge in [0.25, 0.3) is 0 Å². The number of hydrogen-bond donors (Lipinski definition) is 1. The highest BCUT2D eigenvalue weighted by molar-refractivity contribution is 5.83. The van der Waals surface area contributed by atoms with E-state index in [0.29, 0.717) is 19.5 Å². The van der Waals surface area contributed by atoms with Crippen molar-refractivity contribution in [3.8, 4) is 0 Å². The minimum Gasteiger partial charge on any atom is -0.480 e. The van der Waals surface area contributed by atoms with Crippen LogP contribution in [0.15, 0.2) is 24.3 Å². The molecule has 0 spiro atoms. The first kappa shape index (κ1) is 20.4. The molecule has 1 aromatic carbocycles. The third-order valence-corrected chi connectivity index (χ3v) is 6.30. The minimum absolute atomic E-state index is 0.119. The first-order valence-electron chi connectivity index (χ1n) is 10.2. The van der Waals surface area contributed by atoms with E-state index in [-0.39, 0.29) is 24.4 Å². The summed E-state index contributed by atoms with van der Waals surface area (Å²) >= 11 is 0. The summed E-state index contributed by atoms with van der Waals surface area (Å²) in [5.74, 6) is -1.03. The van der Waals surface area contributed by atoms with Crippen LogP contribution in [0.1, 0.15) is 50.7 Å². The number of hydrogen-bond acceptors (Lipinski definition) is 3. The number of aliphatic carboxylic acids is 1. The number of fused-ring (bicyclic) bond motifs is 1. The minimum atomic E-state index is -0.999. The quantitative estimate of drug-likeness (QED) is 0.862. The Kier molecular flexibility index (Phi) is 6.06. The highest BCUT2D eigenvalue weighted by Crippen LogP contribution is 2.37. The van der Waals surface area contributed by atoms with Gasteiger partial charge in [0.15, 0.2) is 0 Å². The van der Waals surface area contributed by atoms with Crippen LogP contribution in [-0.4, -0.2) is 58.4 Å². The molecule has 1 aromatic rings. The lowest BCUT2D eigenvalue weighted by Crippen LogP contribution is -2.46. The predicted molar refractivity (Wildman–Crippen MR) is 106 cm³/mol. The molecule has 2 atom stereocenters. The van der Waals surface area contributed by atoms with Crippen LogP contribution in [0.3, 0.4) is 0 Å². The number of carboxylic acids is 1. The Bertz CT molecular complexity index is 763. The standard InChI is InChI=1S/C22H30N2O4/c1-16(25)24(15-20(26)27)19-8-5-12-23(13-10-19)21(28)22(2)11-9-17-6-3-4-7-18(17)14-22/h3-4,6-7,19H,5,8-15H2,1-2H3,(H,26,27). The fourth-order valence-electron chi connectivity index (χ4n) is 4.69. The summed E-state index contributed by atoms with van der Waals surface area (Å²) in [6.45, 7) is 4.45. The number of rotatable bonds is 4. The zero-order valence-electron chi connectivity index (χ0n) is 16.8. The lowest BCUT2D eigenvalue weighted by atomic mass is 9.72. The Morgan fingerprint density at radius 3 is 2.57 bits per heavy atom. The van der Waals surface area contributed by atoms with Gasteiger partial charge in [-0.2, -0.15) is 0 Å².